The molecule has 1 aromatic carbocycles. The van der Waals surface area contributed by atoms with Crippen molar-refractivity contribution in [2.24, 2.45) is 0 Å². The van der Waals surface area contributed by atoms with Gasteiger partial charge in [-0.3, -0.25) is 9.59 Å². The molecule has 0 N–H and O–H groups in total. The summed E-state index contributed by atoms with van der Waals surface area (Å²) in [6.07, 6.45) is 1.09. The molecule has 0 fully saturated rings. The van der Waals surface area contributed by atoms with Gasteiger partial charge in [0.15, 0.2) is 5.78 Å². The number of nitrogens with zero attached hydrogens (tertiary/aromatic N) is 1. The van der Waals surface area contributed by atoms with Crippen molar-refractivity contribution in [1.29, 1.82) is 0 Å². The maximum Gasteiger partial charge on any atom is 0.227 e. The number of ether oxygens (including phenoxy) is 1. The van der Waals surface area contributed by atoms with Crippen molar-refractivity contribution < 1.29 is 14.3 Å². The number of rotatable bonds is 5. The maximum absolute atomic E-state index is 13.3. The zero-order chi connectivity index (χ0) is 19.7. The largest absolute Gasteiger partial charge is 0.496 e. The van der Waals surface area contributed by atoms with Crippen LogP contribution in [-0.4, -0.2) is 30.2 Å². The number of carbonyl (C=O) groups is 2. The first-order chi connectivity index (χ1) is 13.6. The topological polar surface area (TPSA) is 46.6 Å². The van der Waals surface area contributed by atoms with Crippen LogP contribution in [0.15, 0.2) is 47.2 Å². The first kappa shape index (κ1) is 18.9. The van der Waals surface area contributed by atoms with Crippen LogP contribution >= 0.6 is 22.7 Å². The highest BCUT2D eigenvalue weighted by molar-refractivity contribution is 7.10. The molecule has 1 amide bonds. The van der Waals surface area contributed by atoms with Crippen LogP contribution in [0.4, 0.5) is 0 Å². The van der Waals surface area contributed by atoms with Crippen molar-refractivity contribution >= 4 is 34.4 Å². The van der Waals surface area contributed by atoms with Crippen molar-refractivity contribution in [2.75, 3.05) is 13.7 Å². The van der Waals surface area contributed by atoms with Crippen LogP contribution in [-0.2, 0) is 17.6 Å². The Kier molecular flexibility index (Phi) is 5.33. The molecule has 2 aromatic heterocycles. The predicted molar refractivity (Wildman–Crippen MR) is 113 cm³/mol. The summed E-state index contributed by atoms with van der Waals surface area (Å²) in [6, 6.07) is 11.5. The molecule has 144 valence electrons. The van der Waals surface area contributed by atoms with E-state index in [2.05, 4.69) is 22.9 Å². The monoisotopic (exact) mass is 411 g/mol. The fourth-order valence-corrected chi connectivity index (χ4v) is 5.50. The highest BCUT2D eigenvalue weighted by Gasteiger charge is 2.33. The molecule has 0 saturated carbocycles. The SMILES string of the molecule is COc1ccc(C(C)=O)cc1CC(=O)N1CCc2sccc2C1c1cccs1. The van der Waals surface area contributed by atoms with Gasteiger partial charge in [0.25, 0.3) is 0 Å². The van der Waals surface area contributed by atoms with Gasteiger partial charge in [0.2, 0.25) is 5.91 Å². The van der Waals surface area contributed by atoms with Gasteiger partial charge in [-0.05, 0) is 60.0 Å². The molecule has 4 rings (SSSR count). The van der Waals surface area contributed by atoms with E-state index in [0.29, 0.717) is 17.9 Å². The lowest BCUT2D eigenvalue weighted by Gasteiger charge is -2.35. The molecule has 6 heteroatoms. The molecule has 1 atom stereocenters. The lowest BCUT2D eigenvalue weighted by molar-refractivity contribution is -0.132. The number of ketones is 1. The molecular weight excluding hydrogens is 390 g/mol. The van der Waals surface area contributed by atoms with E-state index < -0.39 is 0 Å². The summed E-state index contributed by atoms with van der Waals surface area (Å²) in [5.74, 6) is 0.669. The summed E-state index contributed by atoms with van der Waals surface area (Å²) in [6.45, 7) is 2.23. The Balaban J connectivity index is 1.66. The molecule has 4 nitrogen and oxygen atoms in total. The van der Waals surface area contributed by atoms with Crippen LogP contribution in [0.2, 0.25) is 0 Å². The Morgan fingerprint density at radius 3 is 2.75 bits per heavy atom. The average Bonchev–Trinajstić information content (AvgIpc) is 3.38. The van der Waals surface area contributed by atoms with E-state index in [4.69, 9.17) is 4.74 Å². The van der Waals surface area contributed by atoms with E-state index in [9.17, 15) is 9.59 Å². The van der Waals surface area contributed by atoms with Crippen LogP contribution in [0.25, 0.3) is 0 Å². The predicted octanol–water partition coefficient (Wildman–Crippen LogP) is 4.74. The van der Waals surface area contributed by atoms with Gasteiger partial charge in [-0.25, -0.2) is 0 Å². The summed E-state index contributed by atoms with van der Waals surface area (Å²) in [7, 11) is 1.59. The Hall–Kier alpha value is -2.44. The number of carbonyl (C=O) groups excluding carboxylic acids is 2. The minimum atomic E-state index is -0.0375. The molecule has 3 aromatic rings. The van der Waals surface area contributed by atoms with Gasteiger partial charge in [0.05, 0.1) is 19.6 Å². The number of Topliss-reactive ketones (excluding diaryl/α,β-unsaturated/α-hetero) is 1. The summed E-state index contributed by atoms with van der Waals surface area (Å²) in [4.78, 5) is 29.6. The van der Waals surface area contributed by atoms with Crippen LogP contribution in [0, 0.1) is 0 Å². The van der Waals surface area contributed by atoms with E-state index >= 15 is 0 Å². The molecule has 0 aliphatic carbocycles. The number of methoxy groups -OCH3 is 1. The summed E-state index contributed by atoms with van der Waals surface area (Å²) in [5, 5.41) is 4.16. The van der Waals surface area contributed by atoms with Crippen LogP contribution in [0.3, 0.4) is 0 Å². The van der Waals surface area contributed by atoms with E-state index in [1.165, 1.54) is 22.2 Å². The molecular formula is C22H21NO3S2. The average molecular weight is 412 g/mol. The van der Waals surface area contributed by atoms with Gasteiger partial charge >= 0.3 is 0 Å². The molecule has 28 heavy (non-hydrogen) atoms. The summed E-state index contributed by atoms with van der Waals surface area (Å²) >= 11 is 3.44. The minimum absolute atomic E-state index is 0.0197. The van der Waals surface area contributed by atoms with E-state index in [-0.39, 0.29) is 24.2 Å². The van der Waals surface area contributed by atoms with Gasteiger partial charge in [0, 0.05) is 27.4 Å². The lowest BCUT2D eigenvalue weighted by Crippen LogP contribution is -2.40. The van der Waals surface area contributed by atoms with Gasteiger partial charge in [0.1, 0.15) is 5.75 Å². The third-order valence-corrected chi connectivity index (χ3v) is 7.05. The zero-order valence-electron chi connectivity index (χ0n) is 15.8. The Labute approximate surface area is 172 Å². The number of thiophene rings is 2. The number of hydrogen-bond acceptors (Lipinski definition) is 5. The highest BCUT2D eigenvalue weighted by atomic mass is 32.1. The number of amides is 1. The van der Waals surface area contributed by atoms with E-state index in [0.717, 1.165) is 12.0 Å². The van der Waals surface area contributed by atoms with E-state index in [1.807, 2.05) is 11.0 Å². The number of hydrogen-bond donors (Lipinski definition) is 0. The first-order valence-corrected chi connectivity index (χ1v) is 10.9. The molecule has 0 radical (unpaired) electrons. The van der Waals surface area contributed by atoms with E-state index in [1.54, 1.807) is 48.0 Å². The minimum Gasteiger partial charge on any atom is -0.496 e. The number of benzene rings is 1. The number of fused-ring (bicyclic) bond motifs is 1. The fourth-order valence-electron chi connectivity index (χ4n) is 3.74. The first-order valence-electron chi connectivity index (χ1n) is 9.15. The van der Waals surface area contributed by atoms with Crippen molar-refractivity contribution in [2.45, 2.75) is 25.8 Å². The third-order valence-electron chi connectivity index (χ3n) is 5.13. The Bertz CT molecular complexity index is 1010. The van der Waals surface area contributed by atoms with Gasteiger partial charge in [-0.1, -0.05) is 6.07 Å². The van der Waals surface area contributed by atoms with Crippen molar-refractivity contribution in [3.63, 3.8) is 0 Å². The van der Waals surface area contributed by atoms with Crippen molar-refractivity contribution in [3.05, 3.63) is 73.6 Å². The quantitative estimate of drug-likeness (QED) is 0.570. The maximum atomic E-state index is 13.3. The van der Waals surface area contributed by atoms with Crippen molar-refractivity contribution in [3.8, 4) is 5.75 Å². The molecule has 0 spiro atoms. The second kappa shape index (κ2) is 7.89. The standard InChI is InChI=1S/C22H21NO3S2/c1-14(24)15-5-6-18(26-2)16(12-15)13-21(25)23-9-7-19-17(8-11-28-19)22(23)20-4-3-10-27-20/h3-6,8,10-12,22H,7,9,13H2,1-2H3. The molecule has 1 aliphatic heterocycles. The molecule has 0 bridgehead atoms. The van der Waals surface area contributed by atoms with Crippen molar-refractivity contribution in [1.82, 2.24) is 4.90 Å². The second-order valence-electron chi connectivity index (χ2n) is 6.81. The smallest absolute Gasteiger partial charge is 0.227 e. The van der Waals surface area contributed by atoms with Gasteiger partial charge < -0.3 is 9.64 Å². The fraction of sp³-hybridized carbons (Fsp3) is 0.273. The second-order valence-corrected chi connectivity index (χ2v) is 8.79. The normalized spacial score (nSPS) is 15.9. The lowest BCUT2D eigenvalue weighted by atomic mass is 9.97. The molecule has 3 heterocycles. The van der Waals surface area contributed by atoms with Crippen LogP contribution < -0.4 is 4.74 Å². The van der Waals surface area contributed by atoms with Gasteiger partial charge in [-0.2, -0.15) is 0 Å². The summed E-state index contributed by atoms with van der Waals surface area (Å²) < 4.78 is 5.43. The van der Waals surface area contributed by atoms with Crippen LogP contribution in [0.5, 0.6) is 5.75 Å². The molecule has 1 unspecified atom stereocenters. The Morgan fingerprint density at radius 2 is 2.04 bits per heavy atom. The molecule has 1 aliphatic rings. The third kappa shape index (κ3) is 3.50. The molecule has 0 saturated heterocycles. The summed E-state index contributed by atoms with van der Waals surface area (Å²) in [5.41, 5.74) is 2.58. The van der Waals surface area contributed by atoms with Gasteiger partial charge in [-0.15, -0.1) is 22.7 Å². The van der Waals surface area contributed by atoms with Crippen LogP contribution in [0.1, 0.15) is 44.2 Å². The Morgan fingerprint density at radius 1 is 1.18 bits per heavy atom. The zero-order valence-corrected chi connectivity index (χ0v) is 17.4. The highest BCUT2D eigenvalue weighted by Crippen LogP contribution is 2.40.